The van der Waals surface area contributed by atoms with Gasteiger partial charge in [0.25, 0.3) is 16.0 Å². The number of carbonyl (C=O) groups is 1. The molecule has 4 aromatic rings. The van der Waals surface area contributed by atoms with Gasteiger partial charge in [-0.2, -0.15) is 8.42 Å². The van der Waals surface area contributed by atoms with Crippen LogP contribution in [-0.4, -0.2) is 31.1 Å². The second kappa shape index (κ2) is 9.94. The third-order valence-electron chi connectivity index (χ3n) is 5.44. The molecule has 4 aromatic carbocycles. The zero-order chi connectivity index (χ0) is 26.0. The molecule has 0 aliphatic heterocycles. The standard InChI is InChI=1S/C25H20ClN3O6S/c1-14-20(26)11-12-21(36(32,33)34)22(14)28-29-23-18-6-4-3-5-15(18)13-19(24(23)30)25(31)27-16-7-9-17(35-2)10-8-16/h3-13,30H,1-2H3,(H,27,31)(H,32,33,34). The Hall–Kier alpha value is -3.99. The maximum atomic E-state index is 13.0. The number of azo groups is 1. The van der Waals surface area contributed by atoms with Crippen LogP contribution in [0.4, 0.5) is 17.1 Å². The highest BCUT2D eigenvalue weighted by atomic mass is 35.5. The number of nitrogens with zero attached hydrogens (tertiary/aromatic N) is 2. The van der Waals surface area contributed by atoms with E-state index < -0.39 is 26.7 Å². The molecule has 0 aliphatic rings. The van der Waals surface area contributed by atoms with Crippen molar-refractivity contribution < 1.29 is 27.6 Å². The van der Waals surface area contributed by atoms with Crippen molar-refractivity contribution in [2.75, 3.05) is 12.4 Å². The van der Waals surface area contributed by atoms with Crippen LogP contribution in [0, 0.1) is 6.92 Å². The maximum absolute atomic E-state index is 13.0. The third-order valence-corrected chi connectivity index (χ3v) is 6.74. The number of phenols is 1. The first-order chi connectivity index (χ1) is 17.1. The Morgan fingerprint density at radius 3 is 2.33 bits per heavy atom. The zero-order valence-electron chi connectivity index (χ0n) is 19.1. The summed E-state index contributed by atoms with van der Waals surface area (Å²) >= 11 is 6.12. The molecular formula is C25H20ClN3O6S. The summed E-state index contributed by atoms with van der Waals surface area (Å²) in [6, 6.07) is 17.4. The molecule has 1 amide bonds. The Labute approximate surface area is 211 Å². The van der Waals surface area contributed by atoms with Crippen LogP contribution in [-0.2, 0) is 10.1 Å². The Morgan fingerprint density at radius 2 is 1.67 bits per heavy atom. The van der Waals surface area contributed by atoms with Gasteiger partial charge in [-0.3, -0.25) is 9.35 Å². The number of methoxy groups -OCH3 is 1. The van der Waals surface area contributed by atoms with E-state index >= 15 is 0 Å². The first kappa shape index (κ1) is 25.1. The Morgan fingerprint density at radius 1 is 1.00 bits per heavy atom. The smallest absolute Gasteiger partial charge is 0.296 e. The summed E-state index contributed by atoms with van der Waals surface area (Å²) in [5.41, 5.74) is 0.406. The fourth-order valence-corrected chi connectivity index (χ4v) is 4.38. The summed E-state index contributed by atoms with van der Waals surface area (Å²) in [6.07, 6.45) is 0. The van der Waals surface area contributed by atoms with Gasteiger partial charge in [0.2, 0.25) is 0 Å². The number of phenolic OH excluding ortho intramolecular Hbond substituents is 1. The van der Waals surface area contributed by atoms with Crippen molar-refractivity contribution in [1.29, 1.82) is 0 Å². The molecule has 0 aromatic heterocycles. The largest absolute Gasteiger partial charge is 0.505 e. The van der Waals surface area contributed by atoms with Crippen LogP contribution >= 0.6 is 11.6 Å². The molecule has 184 valence electrons. The van der Waals surface area contributed by atoms with Crippen LogP contribution in [0.3, 0.4) is 0 Å². The number of carbonyl (C=O) groups excluding carboxylic acids is 1. The first-order valence-electron chi connectivity index (χ1n) is 10.5. The molecule has 0 spiro atoms. The molecule has 3 N–H and O–H groups in total. The molecule has 0 bridgehead atoms. The lowest BCUT2D eigenvalue weighted by atomic mass is 10.0. The Bertz CT molecular complexity index is 1620. The van der Waals surface area contributed by atoms with Gasteiger partial charge in [0, 0.05) is 16.1 Å². The van der Waals surface area contributed by atoms with Crippen LogP contribution in [0.5, 0.6) is 11.5 Å². The molecule has 0 unspecified atom stereocenters. The highest BCUT2D eigenvalue weighted by Crippen LogP contribution is 2.41. The number of halogens is 1. The molecule has 36 heavy (non-hydrogen) atoms. The number of nitrogens with one attached hydrogen (secondary N) is 1. The molecule has 0 aliphatic carbocycles. The molecule has 0 saturated heterocycles. The molecule has 0 saturated carbocycles. The average Bonchev–Trinajstić information content (AvgIpc) is 2.85. The van der Waals surface area contributed by atoms with E-state index in [1.807, 2.05) is 0 Å². The molecule has 4 rings (SSSR count). The molecule has 0 fully saturated rings. The summed E-state index contributed by atoms with van der Waals surface area (Å²) in [7, 11) is -3.11. The number of rotatable bonds is 6. The van der Waals surface area contributed by atoms with Crippen LogP contribution in [0.1, 0.15) is 15.9 Å². The highest BCUT2D eigenvalue weighted by molar-refractivity contribution is 7.86. The second-order valence-electron chi connectivity index (χ2n) is 7.72. The molecule has 9 nitrogen and oxygen atoms in total. The summed E-state index contributed by atoms with van der Waals surface area (Å²) in [6.45, 7) is 1.52. The number of ether oxygens (including phenoxy) is 1. The zero-order valence-corrected chi connectivity index (χ0v) is 20.6. The molecular weight excluding hydrogens is 506 g/mol. The van der Waals surface area contributed by atoms with Crippen LogP contribution in [0.25, 0.3) is 10.8 Å². The highest BCUT2D eigenvalue weighted by Gasteiger charge is 2.21. The minimum atomic E-state index is -4.64. The van der Waals surface area contributed by atoms with Gasteiger partial charge < -0.3 is 15.2 Å². The summed E-state index contributed by atoms with van der Waals surface area (Å²) < 4.78 is 38.5. The second-order valence-corrected chi connectivity index (χ2v) is 9.52. The van der Waals surface area contributed by atoms with E-state index in [4.69, 9.17) is 16.3 Å². The third kappa shape index (κ3) is 5.01. The van der Waals surface area contributed by atoms with Gasteiger partial charge in [-0.15, -0.1) is 10.2 Å². The lowest BCUT2D eigenvalue weighted by molar-refractivity contribution is 0.102. The van der Waals surface area contributed by atoms with Crippen molar-refractivity contribution >= 4 is 55.5 Å². The Balaban J connectivity index is 1.83. The number of anilines is 1. The predicted molar refractivity (Wildman–Crippen MR) is 137 cm³/mol. The van der Waals surface area contributed by atoms with E-state index in [1.165, 1.54) is 26.2 Å². The SMILES string of the molecule is COc1ccc(NC(=O)c2cc3ccccc3c(N=Nc3c(S(=O)(=O)O)ccc(Cl)c3C)c2O)cc1. The first-order valence-corrected chi connectivity index (χ1v) is 12.3. The molecule has 11 heteroatoms. The van der Waals surface area contributed by atoms with Crippen LogP contribution in [0.15, 0.2) is 81.9 Å². The van der Waals surface area contributed by atoms with E-state index in [1.54, 1.807) is 48.5 Å². The van der Waals surface area contributed by atoms with Crippen molar-refractivity contribution in [3.8, 4) is 11.5 Å². The van der Waals surface area contributed by atoms with Crippen LogP contribution in [0.2, 0.25) is 5.02 Å². The summed E-state index contributed by atoms with van der Waals surface area (Å²) in [4.78, 5) is 12.5. The number of hydrogen-bond acceptors (Lipinski definition) is 7. The molecule has 0 radical (unpaired) electrons. The average molecular weight is 526 g/mol. The number of hydrogen-bond donors (Lipinski definition) is 3. The van der Waals surface area contributed by atoms with E-state index in [0.717, 1.165) is 6.07 Å². The van der Waals surface area contributed by atoms with Crippen molar-refractivity contribution in [3.63, 3.8) is 0 Å². The van der Waals surface area contributed by atoms with Gasteiger partial charge in [0.15, 0.2) is 5.75 Å². The van der Waals surface area contributed by atoms with Gasteiger partial charge in [-0.1, -0.05) is 35.9 Å². The van der Waals surface area contributed by atoms with Gasteiger partial charge >= 0.3 is 0 Å². The van der Waals surface area contributed by atoms with Crippen molar-refractivity contribution in [3.05, 3.63) is 82.9 Å². The summed E-state index contributed by atoms with van der Waals surface area (Å²) in [5.74, 6) is -0.446. The van der Waals surface area contributed by atoms with Crippen molar-refractivity contribution in [1.82, 2.24) is 0 Å². The van der Waals surface area contributed by atoms with E-state index in [0.29, 0.717) is 22.2 Å². The lowest BCUT2D eigenvalue weighted by Crippen LogP contribution is -2.12. The van der Waals surface area contributed by atoms with Gasteiger partial charge in [-0.25, -0.2) is 0 Å². The summed E-state index contributed by atoms with van der Waals surface area (Å²) in [5, 5.41) is 23.1. The van der Waals surface area contributed by atoms with Gasteiger partial charge in [0.05, 0.1) is 12.7 Å². The van der Waals surface area contributed by atoms with Gasteiger partial charge in [-0.05, 0) is 60.3 Å². The fraction of sp³-hybridized carbons (Fsp3) is 0.0800. The van der Waals surface area contributed by atoms with E-state index in [9.17, 15) is 22.9 Å². The number of fused-ring (bicyclic) bond motifs is 1. The number of aromatic hydroxyl groups is 1. The Kier molecular flexibility index (Phi) is 6.93. The fourth-order valence-electron chi connectivity index (χ4n) is 3.55. The molecule has 0 heterocycles. The number of amides is 1. The maximum Gasteiger partial charge on any atom is 0.296 e. The molecule has 0 atom stereocenters. The van der Waals surface area contributed by atoms with E-state index in [-0.39, 0.29) is 27.5 Å². The minimum absolute atomic E-state index is 0.0614. The predicted octanol–water partition coefficient (Wildman–Crippen LogP) is 6.43. The lowest BCUT2D eigenvalue weighted by Gasteiger charge is -2.12. The number of benzene rings is 4. The van der Waals surface area contributed by atoms with E-state index in [2.05, 4.69) is 15.5 Å². The van der Waals surface area contributed by atoms with Gasteiger partial charge in [0.1, 0.15) is 22.0 Å². The minimum Gasteiger partial charge on any atom is -0.505 e. The quantitative estimate of drug-likeness (QED) is 0.196. The topological polar surface area (TPSA) is 138 Å². The van der Waals surface area contributed by atoms with Crippen LogP contribution < -0.4 is 10.1 Å². The normalized spacial score (nSPS) is 11.7. The van der Waals surface area contributed by atoms with Crippen molar-refractivity contribution in [2.45, 2.75) is 11.8 Å². The van der Waals surface area contributed by atoms with Crippen molar-refractivity contribution in [2.24, 2.45) is 10.2 Å². The monoisotopic (exact) mass is 525 g/mol.